The number of amides is 1. The number of ether oxygens (including phenoxy) is 1. The Hall–Kier alpha value is -2.87. The van der Waals surface area contributed by atoms with Gasteiger partial charge < -0.3 is 10.1 Å². The van der Waals surface area contributed by atoms with Crippen molar-refractivity contribution in [3.8, 4) is 5.75 Å². The first-order valence-electron chi connectivity index (χ1n) is 11.2. The van der Waals surface area contributed by atoms with Crippen molar-refractivity contribution in [3.05, 3.63) is 54.1 Å². The van der Waals surface area contributed by atoms with E-state index in [-0.39, 0.29) is 29.2 Å². The molecule has 0 bridgehead atoms. The molecule has 8 heteroatoms. The number of nitrogens with zero attached hydrogens (tertiary/aromatic N) is 1. The van der Waals surface area contributed by atoms with Gasteiger partial charge in [-0.05, 0) is 61.6 Å². The van der Waals surface area contributed by atoms with Gasteiger partial charge >= 0.3 is 0 Å². The number of rotatable bonds is 8. The van der Waals surface area contributed by atoms with Crippen molar-refractivity contribution in [2.45, 2.75) is 51.0 Å². The lowest BCUT2D eigenvalue weighted by molar-refractivity contribution is -0.121. The molecule has 33 heavy (non-hydrogen) atoms. The first kappa shape index (κ1) is 24.8. The topological polar surface area (TPSA) is 92.8 Å². The zero-order chi connectivity index (χ0) is 24.2. The Morgan fingerprint density at radius 2 is 1.67 bits per heavy atom. The third-order valence-corrected chi connectivity index (χ3v) is 8.34. The Balaban J connectivity index is 1.90. The molecule has 0 aliphatic heterocycles. The summed E-state index contributed by atoms with van der Waals surface area (Å²) in [7, 11) is -2.53. The molecule has 1 aliphatic carbocycles. The first-order chi connectivity index (χ1) is 15.6. The molecule has 3 rings (SSSR count). The molecule has 0 spiro atoms. The molecule has 3 atom stereocenters. The van der Waals surface area contributed by atoms with Crippen molar-refractivity contribution in [3.63, 3.8) is 0 Å². The van der Waals surface area contributed by atoms with Crippen LogP contribution in [0.25, 0.3) is 0 Å². The van der Waals surface area contributed by atoms with E-state index in [4.69, 9.17) is 4.74 Å². The maximum absolute atomic E-state index is 13.5. The van der Waals surface area contributed by atoms with Crippen LogP contribution in [0.2, 0.25) is 0 Å². The molecule has 0 unspecified atom stereocenters. The van der Waals surface area contributed by atoms with Gasteiger partial charge in [0.15, 0.2) is 5.78 Å². The number of hydrogen-bond donors (Lipinski definition) is 1. The van der Waals surface area contributed by atoms with Crippen LogP contribution in [-0.4, -0.2) is 39.8 Å². The Morgan fingerprint density at radius 3 is 2.24 bits per heavy atom. The average Bonchev–Trinajstić information content (AvgIpc) is 2.80. The number of methoxy groups -OCH3 is 1. The fourth-order valence-corrected chi connectivity index (χ4v) is 5.64. The van der Waals surface area contributed by atoms with Crippen LogP contribution in [0.15, 0.2) is 53.4 Å². The SMILES string of the molecule is COc1ccc(N(CC(=O)N[C@@H]2CCC[C@@H](C)[C@@H]2C)S(=O)(=O)c2ccc(C(C)=O)cc2)cc1. The normalized spacial score (nSPS) is 20.7. The summed E-state index contributed by atoms with van der Waals surface area (Å²) in [5, 5.41) is 3.06. The van der Waals surface area contributed by atoms with Gasteiger partial charge in [-0.15, -0.1) is 0 Å². The van der Waals surface area contributed by atoms with Gasteiger partial charge in [-0.25, -0.2) is 8.42 Å². The van der Waals surface area contributed by atoms with Crippen LogP contribution in [0.1, 0.15) is 50.4 Å². The predicted molar refractivity (Wildman–Crippen MR) is 128 cm³/mol. The smallest absolute Gasteiger partial charge is 0.264 e. The van der Waals surface area contributed by atoms with Crippen molar-refractivity contribution < 1.29 is 22.7 Å². The number of ketones is 1. The molecule has 1 aliphatic rings. The molecule has 0 heterocycles. The standard InChI is InChI=1S/C25H32N2O5S/c1-17-6-5-7-24(18(17)2)26-25(29)16-27(21-10-12-22(32-4)13-11-21)33(30,31)23-14-8-20(9-15-23)19(3)28/h8-15,17-18,24H,5-7,16H2,1-4H3,(H,26,29)/t17-,18+,24-/m1/s1. The van der Waals surface area contributed by atoms with Gasteiger partial charge in [0.1, 0.15) is 12.3 Å². The highest BCUT2D eigenvalue weighted by Gasteiger charge is 2.31. The average molecular weight is 473 g/mol. The molecule has 178 valence electrons. The van der Waals surface area contributed by atoms with Gasteiger partial charge in [-0.1, -0.05) is 38.8 Å². The molecule has 7 nitrogen and oxygen atoms in total. The number of carbonyl (C=O) groups excluding carboxylic acids is 2. The van der Waals surface area contributed by atoms with E-state index in [0.717, 1.165) is 23.6 Å². The number of nitrogens with one attached hydrogen (secondary N) is 1. The third-order valence-electron chi connectivity index (χ3n) is 6.55. The van der Waals surface area contributed by atoms with Gasteiger partial charge in [0.2, 0.25) is 5.91 Å². The number of anilines is 1. The van der Waals surface area contributed by atoms with Crippen LogP contribution >= 0.6 is 0 Å². The molecular formula is C25H32N2O5S. The van der Waals surface area contributed by atoms with E-state index in [0.29, 0.717) is 28.8 Å². The number of sulfonamides is 1. The lowest BCUT2D eigenvalue weighted by Crippen LogP contribution is -2.48. The van der Waals surface area contributed by atoms with Crippen molar-refractivity contribution >= 4 is 27.4 Å². The Kier molecular flexibility index (Phi) is 7.79. The molecule has 0 aromatic heterocycles. The highest BCUT2D eigenvalue weighted by molar-refractivity contribution is 7.92. The summed E-state index contributed by atoms with van der Waals surface area (Å²) in [5.41, 5.74) is 0.773. The van der Waals surface area contributed by atoms with Crippen LogP contribution < -0.4 is 14.4 Å². The molecule has 0 saturated heterocycles. The van der Waals surface area contributed by atoms with Crippen LogP contribution in [0, 0.1) is 11.8 Å². The molecule has 1 N–H and O–H groups in total. The van der Waals surface area contributed by atoms with E-state index in [2.05, 4.69) is 19.2 Å². The highest BCUT2D eigenvalue weighted by atomic mass is 32.2. The molecule has 2 aromatic carbocycles. The van der Waals surface area contributed by atoms with E-state index in [9.17, 15) is 18.0 Å². The van der Waals surface area contributed by atoms with E-state index in [1.807, 2.05) is 0 Å². The highest BCUT2D eigenvalue weighted by Crippen LogP contribution is 2.30. The Bertz CT molecular complexity index is 1080. The summed E-state index contributed by atoms with van der Waals surface area (Å²) in [6.07, 6.45) is 3.06. The minimum atomic E-state index is -4.06. The van der Waals surface area contributed by atoms with Crippen molar-refractivity contribution in [1.29, 1.82) is 0 Å². The lowest BCUT2D eigenvalue weighted by atomic mass is 9.78. The quantitative estimate of drug-likeness (QED) is 0.586. The second kappa shape index (κ2) is 10.4. The van der Waals surface area contributed by atoms with E-state index in [1.165, 1.54) is 38.3 Å². The molecule has 2 aromatic rings. The second-order valence-electron chi connectivity index (χ2n) is 8.73. The molecule has 0 radical (unpaired) electrons. The van der Waals surface area contributed by atoms with Crippen LogP contribution in [0.4, 0.5) is 5.69 Å². The van der Waals surface area contributed by atoms with Crippen molar-refractivity contribution in [2.75, 3.05) is 18.0 Å². The zero-order valence-corrected chi connectivity index (χ0v) is 20.4. The number of benzene rings is 2. The maximum atomic E-state index is 13.5. The summed E-state index contributed by atoms with van der Waals surface area (Å²) >= 11 is 0. The number of Topliss-reactive ketones (excluding diaryl/α,β-unsaturated/α-hetero) is 1. The monoisotopic (exact) mass is 472 g/mol. The van der Waals surface area contributed by atoms with Crippen LogP contribution in [0.5, 0.6) is 5.75 Å². The molecular weight excluding hydrogens is 440 g/mol. The fourth-order valence-electron chi connectivity index (χ4n) is 4.22. The van der Waals surface area contributed by atoms with E-state index < -0.39 is 10.0 Å². The molecule has 1 saturated carbocycles. The van der Waals surface area contributed by atoms with Gasteiger partial charge in [0, 0.05) is 11.6 Å². The van der Waals surface area contributed by atoms with Crippen molar-refractivity contribution in [2.24, 2.45) is 11.8 Å². The van der Waals surface area contributed by atoms with Crippen molar-refractivity contribution in [1.82, 2.24) is 5.32 Å². The van der Waals surface area contributed by atoms with E-state index in [1.54, 1.807) is 24.3 Å². The number of carbonyl (C=O) groups is 2. The minimum Gasteiger partial charge on any atom is -0.497 e. The maximum Gasteiger partial charge on any atom is 0.264 e. The predicted octanol–water partition coefficient (Wildman–Crippen LogP) is 4.03. The lowest BCUT2D eigenvalue weighted by Gasteiger charge is -2.35. The fraction of sp³-hybridized carbons (Fsp3) is 0.440. The zero-order valence-electron chi connectivity index (χ0n) is 19.6. The summed E-state index contributed by atoms with van der Waals surface area (Å²) in [6, 6.07) is 12.3. The molecule has 1 amide bonds. The minimum absolute atomic E-state index is 0.00998. The van der Waals surface area contributed by atoms with Crippen LogP contribution in [-0.2, 0) is 14.8 Å². The van der Waals surface area contributed by atoms with Gasteiger partial charge in [-0.2, -0.15) is 0 Å². The molecule has 1 fully saturated rings. The summed E-state index contributed by atoms with van der Waals surface area (Å²) in [5.74, 6) is 0.913. The number of hydrogen-bond acceptors (Lipinski definition) is 5. The first-order valence-corrected chi connectivity index (χ1v) is 12.6. The van der Waals surface area contributed by atoms with Crippen LogP contribution in [0.3, 0.4) is 0 Å². The largest absolute Gasteiger partial charge is 0.497 e. The summed E-state index contributed by atoms with van der Waals surface area (Å²) in [6.45, 7) is 5.39. The van der Waals surface area contributed by atoms with Gasteiger partial charge in [-0.3, -0.25) is 13.9 Å². The third kappa shape index (κ3) is 5.74. The summed E-state index contributed by atoms with van der Waals surface area (Å²) in [4.78, 5) is 24.6. The Morgan fingerprint density at radius 1 is 1.03 bits per heavy atom. The second-order valence-corrected chi connectivity index (χ2v) is 10.6. The summed E-state index contributed by atoms with van der Waals surface area (Å²) < 4.78 is 33.4. The van der Waals surface area contributed by atoms with Gasteiger partial charge in [0.05, 0.1) is 17.7 Å². The van der Waals surface area contributed by atoms with Gasteiger partial charge in [0.25, 0.3) is 10.0 Å². The Labute approximate surface area is 196 Å². The van der Waals surface area contributed by atoms with E-state index >= 15 is 0 Å².